The first-order valence-electron chi connectivity index (χ1n) is 6.52. The Hall–Kier alpha value is 0.880. The minimum Gasteiger partial charge on any atom is -0.309 e. The molecule has 0 aliphatic carbocycles. The van der Waals surface area contributed by atoms with Crippen LogP contribution in [0.4, 0.5) is 0 Å². The third kappa shape index (κ3) is 7.14. The van der Waals surface area contributed by atoms with E-state index < -0.39 is 7.60 Å². The van der Waals surface area contributed by atoms with Crippen LogP contribution in [0.25, 0.3) is 0 Å². The lowest BCUT2D eigenvalue weighted by atomic mass is 10.1. The van der Waals surface area contributed by atoms with E-state index in [0.717, 1.165) is 6.42 Å². The van der Waals surface area contributed by atoms with Crippen molar-refractivity contribution in [3.05, 3.63) is 0 Å². The summed E-state index contributed by atoms with van der Waals surface area (Å²) in [5.41, 5.74) is -0.0128. The summed E-state index contributed by atoms with van der Waals surface area (Å²) < 4.78 is 23.8. The zero-order valence-corrected chi connectivity index (χ0v) is 14.5. The van der Waals surface area contributed by atoms with Gasteiger partial charge in [-0.3, -0.25) is 4.57 Å². The summed E-state index contributed by atoms with van der Waals surface area (Å²) >= 11 is 2.44. The van der Waals surface area contributed by atoms with Gasteiger partial charge in [0.15, 0.2) is 0 Å². The minimum atomic E-state index is -2.90. The average molecular weight is 376 g/mol. The molecule has 0 aromatic rings. The van der Waals surface area contributed by atoms with E-state index in [1.807, 2.05) is 20.8 Å². The predicted octanol–water partition coefficient (Wildman–Crippen LogP) is 5.02. The summed E-state index contributed by atoms with van der Waals surface area (Å²) in [6.07, 6.45) is 4.52. The maximum atomic E-state index is 12.5. The van der Waals surface area contributed by atoms with Crippen LogP contribution in [0, 0.1) is 0 Å². The number of alkyl halides is 1. The van der Waals surface area contributed by atoms with Crippen molar-refractivity contribution in [2.24, 2.45) is 0 Å². The highest BCUT2D eigenvalue weighted by atomic mass is 127. The Bertz CT molecular complexity index is 226. The highest BCUT2D eigenvalue weighted by Gasteiger charge is 2.32. The standard InChI is InChI=1S/C12H26IO3P/c1-5-8-9-12(13)10-11(4)17(14,15-6-2)16-7-3/h11-12H,5-10H2,1-4H3/t11-,12+/m0/s1. The van der Waals surface area contributed by atoms with E-state index in [2.05, 4.69) is 29.5 Å². The third-order valence-electron chi connectivity index (χ3n) is 2.63. The lowest BCUT2D eigenvalue weighted by Crippen LogP contribution is -2.14. The molecule has 0 amide bonds. The van der Waals surface area contributed by atoms with Crippen molar-refractivity contribution in [3.8, 4) is 0 Å². The van der Waals surface area contributed by atoms with Crippen LogP contribution in [0.1, 0.15) is 53.4 Å². The molecule has 2 atom stereocenters. The molecule has 3 nitrogen and oxygen atoms in total. The van der Waals surface area contributed by atoms with Crippen molar-refractivity contribution in [3.63, 3.8) is 0 Å². The fourth-order valence-corrected chi connectivity index (χ4v) is 5.12. The van der Waals surface area contributed by atoms with E-state index in [9.17, 15) is 4.57 Å². The molecule has 0 N–H and O–H groups in total. The van der Waals surface area contributed by atoms with E-state index in [-0.39, 0.29) is 5.66 Å². The number of rotatable bonds is 10. The van der Waals surface area contributed by atoms with Gasteiger partial charge in [0.2, 0.25) is 0 Å². The molecule has 104 valence electrons. The Morgan fingerprint density at radius 2 is 1.71 bits per heavy atom. The van der Waals surface area contributed by atoms with Gasteiger partial charge in [-0.15, -0.1) is 0 Å². The van der Waals surface area contributed by atoms with Gasteiger partial charge in [-0.05, 0) is 26.7 Å². The first-order valence-corrected chi connectivity index (χ1v) is 9.38. The lowest BCUT2D eigenvalue weighted by molar-refractivity contribution is 0.212. The van der Waals surface area contributed by atoms with Gasteiger partial charge in [-0.1, -0.05) is 49.3 Å². The highest BCUT2D eigenvalue weighted by molar-refractivity contribution is 14.1. The van der Waals surface area contributed by atoms with Gasteiger partial charge in [0.25, 0.3) is 0 Å². The molecule has 0 saturated heterocycles. The van der Waals surface area contributed by atoms with Crippen molar-refractivity contribution in [1.29, 1.82) is 0 Å². The van der Waals surface area contributed by atoms with Crippen LogP contribution >= 0.6 is 30.2 Å². The molecule has 0 aromatic carbocycles. The van der Waals surface area contributed by atoms with Gasteiger partial charge in [-0.25, -0.2) is 0 Å². The van der Waals surface area contributed by atoms with Crippen LogP contribution in [-0.2, 0) is 13.6 Å². The molecule has 0 heterocycles. The van der Waals surface area contributed by atoms with Crippen LogP contribution in [0.5, 0.6) is 0 Å². The van der Waals surface area contributed by atoms with Crippen LogP contribution in [-0.4, -0.2) is 22.8 Å². The molecule has 0 radical (unpaired) electrons. The van der Waals surface area contributed by atoms with Crippen molar-refractivity contribution in [2.45, 2.75) is 63.0 Å². The average Bonchev–Trinajstić information content (AvgIpc) is 2.27. The summed E-state index contributed by atoms with van der Waals surface area (Å²) in [5.74, 6) is 0. The maximum Gasteiger partial charge on any atom is 0.333 e. The van der Waals surface area contributed by atoms with E-state index in [1.165, 1.54) is 19.3 Å². The van der Waals surface area contributed by atoms with Crippen LogP contribution in [0.2, 0.25) is 0 Å². The van der Waals surface area contributed by atoms with Gasteiger partial charge < -0.3 is 9.05 Å². The number of unbranched alkanes of at least 4 members (excludes halogenated alkanes) is 1. The molecule has 0 aliphatic rings. The molecule has 0 fully saturated rings. The van der Waals surface area contributed by atoms with Crippen LogP contribution in [0.3, 0.4) is 0 Å². The zero-order chi connectivity index (χ0) is 13.3. The molecular formula is C12H26IO3P. The SMILES string of the molecule is CCCC[C@@H](I)C[C@H](C)P(=O)(OCC)OCC. The van der Waals surface area contributed by atoms with Crippen molar-refractivity contribution in [1.82, 2.24) is 0 Å². The molecule has 0 aromatic heterocycles. The predicted molar refractivity (Wildman–Crippen MR) is 82.3 cm³/mol. The molecule has 0 aliphatic heterocycles. The van der Waals surface area contributed by atoms with E-state index >= 15 is 0 Å². The van der Waals surface area contributed by atoms with Crippen molar-refractivity contribution in [2.75, 3.05) is 13.2 Å². The summed E-state index contributed by atoms with van der Waals surface area (Å²) in [6.45, 7) is 8.78. The van der Waals surface area contributed by atoms with Crippen molar-refractivity contribution >= 4 is 30.2 Å². The van der Waals surface area contributed by atoms with Crippen molar-refractivity contribution < 1.29 is 13.6 Å². The second-order valence-corrected chi connectivity index (χ2v) is 8.44. The lowest BCUT2D eigenvalue weighted by Gasteiger charge is -2.25. The Balaban J connectivity index is 4.31. The second kappa shape index (κ2) is 9.76. The topological polar surface area (TPSA) is 35.5 Å². The van der Waals surface area contributed by atoms with Gasteiger partial charge in [-0.2, -0.15) is 0 Å². The van der Waals surface area contributed by atoms with E-state index in [4.69, 9.17) is 9.05 Å². The highest BCUT2D eigenvalue weighted by Crippen LogP contribution is 2.54. The largest absolute Gasteiger partial charge is 0.333 e. The molecule has 0 saturated carbocycles. The number of halogens is 1. The first kappa shape index (κ1) is 17.9. The summed E-state index contributed by atoms with van der Waals surface area (Å²) in [6, 6.07) is 0. The Labute approximate surface area is 120 Å². The van der Waals surface area contributed by atoms with E-state index in [0.29, 0.717) is 17.1 Å². The summed E-state index contributed by atoms with van der Waals surface area (Å²) in [4.78, 5) is 0. The molecule has 0 spiro atoms. The zero-order valence-electron chi connectivity index (χ0n) is 11.4. The molecular weight excluding hydrogens is 350 g/mol. The van der Waals surface area contributed by atoms with Gasteiger partial charge in [0.1, 0.15) is 0 Å². The van der Waals surface area contributed by atoms with Crippen LogP contribution < -0.4 is 0 Å². The Morgan fingerprint density at radius 3 is 2.12 bits per heavy atom. The Kier molecular flexibility index (Phi) is 10.3. The third-order valence-corrected chi connectivity index (χ3v) is 6.28. The molecule has 0 unspecified atom stereocenters. The van der Waals surface area contributed by atoms with E-state index in [1.54, 1.807) is 0 Å². The molecule has 17 heavy (non-hydrogen) atoms. The monoisotopic (exact) mass is 376 g/mol. The smallest absolute Gasteiger partial charge is 0.309 e. The first-order chi connectivity index (χ1) is 8.00. The normalized spacial score (nSPS) is 15.8. The van der Waals surface area contributed by atoms with Gasteiger partial charge in [0.05, 0.1) is 18.9 Å². The summed E-state index contributed by atoms with van der Waals surface area (Å²) in [7, 11) is -2.90. The molecule has 5 heteroatoms. The fourth-order valence-electron chi connectivity index (χ4n) is 1.69. The fraction of sp³-hybridized carbons (Fsp3) is 1.00. The molecule has 0 bridgehead atoms. The minimum absolute atomic E-state index is 0.0128. The second-order valence-electron chi connectivity index (χ2n) is 4.20. The Morgan fingerprint density at radius 1 is 1.18 bits per heavy atom. The van der Waals surface area contributed by atoms with Gasteiger partial charge >= 0.3 is 7.60 Å². The van der Waals surface area contributed by atoms with Crippen LogP contribution in [0.15, 0.2) is 0 Å². The quantitative estimate of drug-likeness (QED) is 0.305. The number of hydrogen-bond donors (Lipinski definition) is 0. The number of hydrogen-bond acceptors (Lipinski definition) is 3. The van der Waals surface area contributed by atoms with Gasteiger partial charge in [0, 0.05) is 3.92 Å². The molecule has 0 rings (SSSR count). The maximum absolute atomic E-state index is 12.5. The summed E-state index contributed by atoms with van der Waals surface area (Å²) in [5, 5.41) is 0.